The summed E-state index contributed by atoms with van der Waals surface area (Å²) in [5.74, 6) is -1.00. The predicted molar refractivity (Wildman–Crippen MR) is 131 cm³/mol. The summed E-state index contributed by atoms with van der Waals surface area (Å²) in [4.78, 5) is 43.3. The average Bonchev–Trinajstić information content (AvgIpc) is 2.88. The Balaban J connectivity index is 1.74. The Labute approximate surface area is 199 Å². The number of aryl methyl sites for hydroxylation is 1. The van der Waals surface area contributed by atoms with Gasteiger partial charge in [-0.05, 0) is 43.0 Å². The minimum Gasteiger partial charge on any atom is -0.355 e. The van der Waals surface area contributed by atoms with Gasteiger partial charge in [0.15, 0.2) is 0 Å². The van der Waals surface area contributed by atoms with Crippen LogP contribution in [0.1, 0.15) is 81.6 Å². The maximum absolute atomic E-state index is 13.5. The van der Waals surface area contributed by atoms with E-state index in [1.807, 2.05) is 47.9 Å². The molecule has 7 nitrogen and oxygen atoms in total. The van der Waals surface area contributed by atoms with Gasteiger partial charge in [-0.1, -0.05) is 49.1 Å². The average molecular weight is 459 g/mol. The zero-order chi connectivity index (χ0) is 24.1. The second-order valence-electron chi connectivity index (χ2n) is 8.83. The van der Waals surface area contributed by atoms with E-state index < -0.39 is 23.3 Å². The van der Waals surface area contributed by atoms with Gasteiger partial charge in [-0.2, -0.15) is 0 Å². The Bertz CT molecular complexity index is 1210. The lowest BCUT2D eigenvalue weighted by atomic mass is 9.94. The number of amides is 2. The topological polar surface area (TPSA) is 93.1 Å². The van der Waals surface area contributed by atoms with Crippen molar-refractivity contribution in [3.63, 3.8) is 0 Å². The molecule has 1 aromatic carbocycles. The molecule has 2 N–H and O–H groups in total. The molecule has 1 fully saturated rings. The third-order valence-corrected chi connectivity index (χ3v) is 6.48. The molecule has 0 bridgehead atoms. The van der Waals surface area contributed by atoms with Crippen LogP contribution in [0.3, 0.4) is 0 Å². The minimum absolute atomic E-state index is 0.0171. The number of pyridine rings is 2. The van der Waals surface area contributed by atoms with Crippen molar-refractivity contribution < 1.29 is 9.59 Å². The number of carbonyl (C=O) groups is 2. The number of rotatable bonds is 6. The van der Waals surface area contributed by atoms with Crippen molar-refractivity contribution in [2.75, 3.05) is 7.05 Å². The predicted octanol–water partition coefficient (Wildman–Crippen LogP) is 3.94. The van der Waals surface area contributed by atoms with Crippen molar-refractivity contribution in [2.45, 2.75) is 51.1 Å². The van der Waals surface area contributed by atoms with Crippen LogP contribution in [-0.2, 0) is 0 Å². The van der Waals surface area contributed by atoms with E-state index in [0.29, 0.717) is 0 Å². The van der Waals surface area contributed by atoms with Crippen molar-refractivity contribution in [1.82, 2.24) is 20.2 Å². The Morgan fingerprint density at radius 3 is 2.12 bits per heavy atom. The molecular weight excluding hydrogens is 428 g/mol. The van der Waals surface area contributed by atoms with Crippen molar-refractivity contribution in [3.8, 4) is 0 Å². The van der Waals surface area contributed by atoms with Gasteiger partial charge in [-0.25, -0.2) is 0 Å². The number of hydrogen-bond acceptors (Lipinski definition) is 4. The Hall–Kier alpha value is -3.74. The molecular formula is C27H30N4O3. The molecule has 3 aromatic rings. The molecule has 7 heteroatoms. The first-order valence-corrected chi connectivity index (χ1v) is 11.7. The first-order chi connectivity index (χ1) is 16.5. The van der Waals surface area contributed by atoms with Gasteiger partial charge in [0.1, 0.15) is 11.1 Å². The van der Waals surface area contributed by atoms with Crippen LogP contribution in [0, 0.1) is 6.92 Å². The van der Waals surface area contributed by atoms with E-state index in [1.54, 1.807) is 24.8 Å². The lowest BCUT2D eigenvalue weighted by Gasteiger charge is -2.26. The molecule has 0 radical (unpaired) electrons. The summed E-state index contributed by atoms with van der Waals surface area (Å²) in [6.45, 7) is 2.00. The van der Waals surface area contributed by atoms with Gasteiger partial charge in [0.05, 0.1) is 6.04 Å². The van der Waals surface area contributed by atoms with E-state index in [2.05, 4.69) is 15.6 Å². The molecule has 4 rings (SSSR count). The summed E-state index contributed by atoms with van der Waals surface area (Å²) in [6, 6.07) is 11.3. The summed E-state index contributed by atoms with van der Waals surface area (Å²) in [6.07, 6.45) is 11.8. The quantitative estimate of drug-likeness (QED) is 0.585. The molecule has 0 spiro atoms. The highest BCUT2D eigenvalue weighted by Crippen LogP contribution is 2.28. The molecule has 176 valence electrons. The number of hydrogen-bond donors (Lipinski definition) is 2. The summed E-state index contributed by atoms with van der Waals surface area (Å²) in [7, 11) is 1.48. The Morgan fingerprint density at radius 2 is 1.50 bits per heavy atom. The highest BCUT2D eigenvalue weighted by atomic mass is 16.2. The Kier molecular flexibility index (Phi) is 7.21. The minimum atomic E-state index is -0.568. The maximum atomic E-state index is 13.5. The number of nitrogens with zero attached hydrogens (tertiary/aromatic N) is 2. The highest BCUT2D eigenvalue weighted by Gasteiger charge is 2.25. The van der Waals surface area contributed by atoms with Crippen LogP contribution in [0.15, 0.2) is 66.0 Å². The van der Waals surface area contributed by atoms with Crippen LogP contribution < -0.4 is 16.1 Å². The van der Waals surface area contributed by atoms with Crippen LogP contribution in [0.25, 0.3) is 0 Å². The summed E-state index contributed by atoms with van der Waals surface area (Å²) in [5.41, 5.74) is 2.23. The van der Waals surface area contributed by atoms with E-state index >= 15 is 0 Å². The van der Waals surface area contributed by atoms with E-state index in [4.69, 9.17) is 0 Å². The highest BCUT2D eigenvalue weighted by molar-refractivity contribution is 5.99. The number of benzene rings is 1. The molecule has 2 heterocycles. The van der Waals surface area contributed by atoms with Crippen LogP contribution in [0.4, 0.5) is 0 Å². The van der Waals surface area contributed by atoms with Gasteiger partial charge < -0.3 is 15.2 Å². The van der Waals surface area contributed by atoms with Crippen LogP contribution >= 0.6 is 0 Å². The molecule has 1 unspecified atom stereocenters. The van der Waals surface area contributed by atoms with E-state index in [9.17, 15) is 14.4 Å². The maximum Gasteiger partial charge on any atom is 0.257 e. The van der Waals surface area contributed by atoms with E-state index in [0.717, 1.165) is 42.4 Å². The third kappa shape index (κ3) is 5.09. The standard InChI is InChI=1S/C27H30N4O3/c1-18-8-10-19(11-9-18)24(20-12-14-29-15-13-20)30-27(34)23-17-31(21-6-4-3-5-7-21)16-22(25(23)32)26(33)28-2/h8-17,21,24H,3-7H2,1-2H3,(H,28,33)(H,30,34). The molecule has 0 aliphatic heterocycles. The van der Waals surface area contributed by atoms with Crippen molar-refractivity contribution in [3.05, 3.63) is 99.2 Å². The molecule has 1 saturated carbocycles. The van der Waals surface area contributed by atoms with Crippen molar-refractivity contribution >= 4 is 11.8 Å². The van der Waals surface area contributed by atoms with Gasteiger partial charge in [-0.3, -0.25) is 19.4 Å². The summed E-state index contributed by atoms with van der Waals surface area (Å²) >= 11 is 0. The smallest absolute Gasteiger partial charge is 0.257 e. The Morgan fingerprint density at radius 1 is 0.912 bits per heavy atom. The third-order valence-electron chi connectivity index (χ3n) is 6.48. The lowest BCUT2D eigenvalue weighted by Crippen LogP contribution is -2.37. The molecule has 2 aromatic heterocycles. The molecule has 34 heavy (non-hydrogen) atoms. The van der Waals surface area contributed by atoms with Crippen molar-refractivity contribution in [1.29, 1.82) is 0 Å². The van der Waals surface area contributed by atoms with Gasteiger partial charge in [0, 0.05) is 37.9 Å². The summed E-state index contributed by atoms with van der Waals surface area (Å²) in [5, 5.41) is 5.55. The molecule has 1 atom stereocenters. The molecule has 2 amide bonds. The van der Waals surface area contributed by atoms with Crippen molar-refractivity contribution in [2.24, 2.45) is 0 Å². The first kappa shape index (κ1) is 23.4. The second-order valence-corrected chi connectivity index (χ2v) is 8.83. The fraction of sp³-hybridized carbons (Fsp3) is 0.333. The molecule has 1 aliphatic rings. The number of nitrogens with one attached hydrogen (secondary N) is 2. The van der Waals surface area contributed by atoms with Gasteiger partial charge >= 0.3 is 0 Å². The number of carbonyl (C=O) groups excluding carboxylic acids is 2. The lowest BCUT2D eigenvalue weighted by molar-refractivity contribution is 0.0940. The van der Waals surface area contributed by atoms with Gasteiger partial charge in [-0.15, -0.1) is 0 Å². The fourth-order valence-corrected chi connectivity index (χ4v) is 4.53. The van der Waals surface area contributed by atoms with Crippen LogP contribution in [0.5, 0.6) is 0 Å². The molecule has 1 aliphatic carbocycles. The van der Waals surface area contributed by atoms with E-state index in [1.165, 1.54) is 13.5 Å². The SMILES string of the molecule is CNC(=O)c1cn(C2CCCCC2)cc(C(=O)NC(c2ccncc2)c2ccc(C)cc2)c1=O. The first-order valence-electron chi connectivity index (χ1n) is 11.7. The largest absolute Gasteiger partial charge is 0.355 e. The van der Waals surface area contributed by atoms with Crippen LogP contribution in [0.2, 0.25) is 0 Å². The second kappa shape index (κ2) is 10.5. The normalized spacial score (nSPS) is 14.9. The monoisotopic (exact) mass is 458 g/mol. The zero-order valence-electron chi connectivity index (χ0n) is 19.6. The van der Waals surface area contributed by atoms with Crippen LogP contribution in [-0.4, -0.2) is 28.4 Å². The van der Waals surface area contributed by atoms with Gasteiger partial charge in [0.2, 0.25) is 5.43 Å². The number of aromatic nitrogens is 2. The zero-order valence-corrected chi connectivity index (χ0v) is 19.6. The fourth-order valence-electron chi connectivity index (χ4n) is 4.53. The van der Waals surface area contributed by atoms with E-state index in [-0.39, 0.29) is 17.2 Å². The summed E-state index contributed by atoms with van der Waals surface area (Å²) < 4.78 is 1.88. The van der Waals surface area contributed by atoms with Gasteiger partial charge in [0.25, 0.3) is 11.8 Å². The molecule has 0 saturated heterocycles.